The molecule has 2 N–H and O–H groups in total. The molecule has 4 nitrogen and oxygen atoms in total. The van der Waals surface area contributed by atoms with E-state index in [2.05, 4.69) is 4.74 Å². The van der Waals surface area contributed by atoms with E-state index in [0.717, 1.165) is 24.8 Å². The van der Waals surface area contributed by atoms with Crippen LogP contribution in [0.1, 0.15) is 24.8 Å². The van der Waals surface area contributed by atoms with E-state index >= 15 is 0 Å². The van der Waals surface area contributed by atoms with Crippen LogP contribution in [0.2, 0.25) is 0 Å². The molecule has 0 heterocycles. The summed E-state index contributed by atoms with van der Waals surface area (Å²) < 4.78 is 4.55. The van der Waals surface area contributed by atoms with E-state index in [1.807, 2.05) is 12.1 Å². The summed E-state index contributed by atoms with van der Waals surface area (Å²) >= 11 is 0. The van der Waals surface area contributed by atoms with Crippen molar-refractivity contribution in [3.8, 4) is 0 Å². The molecule has 5 heteroatoms. The Morgan fingerprint density at radius 2 is 1.88 bits per heavy atom. The van der Waals surface area contributed by atoms with E-state index < -0.39 is 7.12 Å². The number of rotatable bonds is 6. The van der Waals surface area contributed by atoms with Crippen LogP contribution in [0.25, 0.3) is 0 Å². The summed E-state index contributed by atoms with van der Waals surface area (Å²) in [5.41, 5.74) is 1.61. The lowest BCUT2D eigenvalue weighted by molar-refractivity contribution is -0.140. The molecule has 0 unspecified atom stereocenters. The number of esters is 1. The topological polar surface area (TPSA) is 66.8 Å². The van der Waals surface area contributed by atoms with Gasteiger partial charge in [-0.15, -0.1) is 0 Å². The standard InChI is InChI=1S/C12H17BO4/c1-17-12(14)5-3-2-4-10-6-8-11(9-7-10)13(15)16/h6-9,15-16H,2-5H2,1H3. The first kappa shape index (κ1) is 13.7. The fourth-order valence-electron chi connectivity index (χ4n) is 1.56. The minimum Gasteiger partial charge on any atom is -0.469 e. The van der Waals surface area contributed by atoms with Crippen LogP contribution in [-0.4, -0.2) is 30.2 Å². The maximum atomic E-state index is 10.9. The lowest BCUT2D eigenvalue weighted by Gasteiger charge is -2.03. The van der Waals surface area contributed by atoms with E-state index in [9.17, 15) is 4.79 Å². The molecular weight excluding hydrogens is 219 g/mol. The van der Waals surface area contributed by atoms with Gasteiger partial charge in [-0.2, -0.15) is 0 Å². The molecule has 0 radical (unpaired) electrons. The normalized spacial score (nSPS) is 10.1. The average molecular weight is 236 g/mol. The molecule has 0 aliphatic carbocycles. The molecule has 0 saturated carbocycles. The van der Waals surface area contributed by atoms with Gasteiger partial charge in [-0.25, -0.2) is 0 Å². The van der Waals surface area contributed by atoms with Gasteiger partial charge in [0.2, 0.25) is 0 Å². The summed E-state index contributed by atoms with van der Waals surface area (Å²) in [5.74, 6) is -0.177. The molecule has 1 rings (SSSR count). The molecule has 0 fully saturated rings. The Morgan fingerprint density at radius 3 is 2.41 bits per heavy atom. The Labute approximate surface area is 101 Å². The van der Waals surface area contributed by atoms with Gasteiger partial charge in [0.15, 0.2) is 0 Å². The lowest BCUT2D eigenvalue weighted by atomic mass is 9.80. The third-order valence-electron chi connectivity index (χ3n) is 2.60. The minimum absolute atomic E-state index is 0.177. The fourth-order valence-corrected chi connectivity index (χ4v) is 1.56. The molecule has 0 aliphatic heterocycles. The van der Waals surface area contributed by atoms with Crippen LogP contribution >= 0.6 is 0 Å². The van der Waals surface area contributed by atoms with Gasteiger partial charge in [0.25, 0.3) is 0 Å². The molecular formula is C12H17BO4. The number of carbonyl (C=O) groups is 1. The molecule has 1 aromatic carbocycles. The van der Waals surface area contributed by atoms with Crippen molar-refractivity contribution in [1.82, 2.24) is 0 Å². The second-order valence-corrected chi connectivity index (χ2v) is 3.90. The van der Waals surface area contributed by atoms with Gasteiger partial charge in [0, 0.05) is 6.42 Å². The largest absolute Gasteiger partial charge is 0.488 e. The maximum Gasteiger partial charge on any atom is 0.488 e. The van der Waals surface area contributed by atoms with Gasteiger partial charge < -0.3 is 14.8 Å². The predicted octanol–water partition coefficient (Wildman–Crippen LogP) is 0.252. The van der Waals surface area contributed by atoms with Crippen LogP contribution in [0.3, 0.4) is 0 Å². The number of carbonyl (C=O) groups excluding carboxylic acids is 1. The Hall–Kier alpha value is -1.33. The molecule has 0 saturated heterocycles. The van der Waals surface area contributed by atoms with Gasteiger partial charge in [-0.05, 0) is 30.3 Å². The Morgan fingerprint density at radius 1 is 1.24 bits per heavy atom. The van der Waals surface area contributed by atoms with E-state index in [1.165, 1.54) is 7.11 Å². The summed E-state index contributed by atoms with van der Waals surface area (Å²) in [6.07, 6.45) is 3.04. The molecule has 92 valence electrons. The van der Waals surface area contributed by atoms with E-state index in [0.29, 0.717) is 11.9 Å². The average Bonchev–Trinajstić information content (AvgIpc) is 2.34. The molecule has 0 atom stereocenters. The molecule has 1 aromatic rings. The first-order chi connectivity index (χ1) is 8.13. The van der Waals surface area contributed by atoms with Gasteiger partial charge in [-0.3, -0.25) is 4.79 Å². The highest BCUT2D eigenvalue weighted by Gasteiger charge is 2.09. The number of methoxy groups -OCH3 is 1. The number of benzene rings is 1. The molecule has 0 bridgehead atoms. The first-order valence-electron chi connectivity index (χ1n) is 5.65. The first-order valence-corrected chi connectivity index (χ1v) is 5.65. The molecule has 17 heavy (non-hydrogen) atoms. The van der Waals surface area contributed by atoms with E-state index in [1.54, 1.807) is 12.1 Å². The van der Waals surface area contributed by atoms with Crippen molar-refractivity contribution in [3.63, 3.8) is 0 Å². The van der Waals surface area contributed by atoms with E-state index in [4.69, 9.17) is 10.0 Å². The third kappa shape index (κ3) is 5.02. The number of aryl methyl sites for hydroxylation is 1. The summed E-state index contributed by atoms with van der Waals surface area (Å²) in [7, 11) is -0.0234. The number of hydrogen-bond donors (Lipinski definition) is 2. The van der Waals surface area contributed by atoms with Crippen LogP contribution in [-0.2, 0) is 16.0 Å². The second kappa shape index (κ2) is 7.09. The van der Waals surface area contributed by atoms with Crippen molar-refractivity contribution in [2.75, 3.05) is 7.11 Å². The van der Waals surface area contributed by atoms with Crippen molar-refractivity contribution < 1.29 is 19.6 Å². The monoisotopic (exact) mass is 236 g/mol. The molecule has 0 amide bonds. The quantitative estimate of drug-likeness (QED) is 0.422. The number of unbranched alkanes of at least 4 members (excludes halogenated alkanes) is 1. The maximum absolute atomic E-state index is 10.9. The Kier molecular flexibility index (Phi) is 5.73. The van der Waals surface area contributed by atoms with Crippen LogP contribution < -0.4 is 5.46 Å². The Bertz CT molecular complexity index is 348. The van der Waals surface area contributed by atoms with Gasteiger partial charge in [0.05, 0.1) is 7.11 Å². The SMILES string of the molecule is COC(=O)CCCCc1ccc(B(O)O)cc1. The number of hydrogen-bond acceptors (Lipinski definition) is 4. The molecule has 0 aromatic heterocycles. The highest BCUT2D eigenvalue weighted by Crippen LogP contribution is 2.06. The third-order valence-corrected chi connectivity index (χ3v) is 2.60. The van der Waals surface area contributed by atoms with Gasteiger partial charge >= 0.3 is 13.1 Å². The zero-order chi connectivity index (χ0) is 12.7. The predicted molar refractivity (Wildman–Crippen MR) is 65.8 cm³/mol. The van der Waals surface area contributed by atoms with Crippen molar-refractivity contribution in [1.29, 1.82) is 0 Å². The van der Waals surface area contributed by atoms with Crippen LogP contribution in [0.5, 0.6) is 0 Å². The molecule has 0 aliphatic rings. The molecule has 0 spiro atoms. The van der Waals surface area contributed by atoms with Crippen LogP contribution in [0.15, 0.2) is 24.3 Å². The summed E-state index contributed by atoms with van der Waals surface area (Å²) in [4.78, 5) is 10.9. The van der Waals surface area contributed by atoms with Gasteiger partial charge in [-0.1, -0.05) is 24.3 Å². The van der Waals surface area contributed by atoms with Crippen LogP contribution in [0, 0.1) is 0 Å². The highest BCUT2D eigenvalue weighted by atomic mass is 16.5. The Balaban J connectivity index is 2.30. The van der Waals surface area contributed by atoms with Crippen molar-refractivity contribution in [3.05, 3.63) is 29.8 Å². The fraction of sp³-hybridized carbons (Fsp3) is 0.417. The van der Waals surface area contributed by atoms with Gasteiger partial charge in [0.1, 0.15) is 0 Å². The van der Waals surface area contributed by atoms with Crippen molar-refractivity contribution in [2.24, 2.45) is 0 Å². The summed E-state index contributed by atoms with van der Waals surface area (Å²) in [6, 6.07) is 7.13. The zero-order valence-corrected chi connectivity index (χ0v) is 9.93. The van der Waals surface area contributed by atoms with E-state index in [-0.39, 0.29) is 5.97 Å². The van der Waals surface area contributed by atoms with Crippen LogP contribution in [0.4, 0.5) is 0 Å². The summed E-state index contributed by atoms with van der Waals surface area (Å²) in [5, 5.41) is 17.8. The van der Waals surface area contributed by atoms with Crippen molar-refractivity contribution in [2.45, 2.75) is 25.7 Å². The highest BCUT2D eigenvalue weighted by molar-refractivity contribution is 6.58. The number of ether oxygens (including phenoxy) is 1. The van der Waals surface area contributed by atoms with Crippen molar-refractivity contribution >= 4 is 18.6 Å². The smallest absolute Gasteiger partial charge is 0.469 e. The lowest BCUT2D eigenvalue weighted by Crippen LogP contribution is -2.29. The minimum atomic E-state index is -1.41. The second-order valence-electron chi connectivity index (χ2n) is 3.90. The zero-order valence-electron chi connectivity index (χ0n) is 9.93. The summed E-state index contributed by atoms with van der Waals surface area (Å²) in [6.45, 7) is 0.